The van der Waals surface area contributed by atoms with E-state index in [1.165, 1.54) is 0 Å². The van der Waals surface area contributed by atoms with Crippen LogP contribution in [0.3, 0.4) is 0 Å². The van der Waals surface area contributed by atoms with Crippen LogP contribution in [0.5, 0.6) is 11.5 Å². The quantitative estimate of drug-likeness (QED) is 0.225. The Kier molecular flexibility index (Phi) is 5.48. The van der Waals surface area contributed by atoms with Crippen LogP contribution in [-0.2, 0) is 6.61 Å². The molecule has 0 bridgehead atoms. The molecule has 0 unspecified atom stereocenters. The SMILES string of the molecule is COc1cc(OCc2csc(-c3ccccc3)n2)c2cc(-c3cn4nc(SC)sc4n3)oc2c1. The van der Waals surface area contributed by atoms with E-state index in [4.69, 9.17) is 18.9 Å². The second kappa shape index (κ2) is 8.79. The lowest BCUT2D eigenvalue weighted by molar-refractivity contribution is 0.303. The summed E-state index contributed by atoms with van der Waals surface area (Å²) < 4.78 is 20.5. The molecule has 170 valence electrons. The minimum absolute atomic E-state index is 0.341. The van der Waals surface area contributed by atoms with Crippen molar-refractivity contribution in [3.63, 3.8) is 0 Å². The van der Waals surface area contributed by atoms with E-state index in [2.05, 4.69) is 22.2 Å². The molecule has 0 saturated carbocycles. The van der Waals surface area contributed by atoms with Gasteiger partial charge >= 0.3 is 0 Å². The molecule has 6 rings (SSSR count). The zero-order chi connectivity index (χ0) is 23.1. The van der Waals surface area contributed by atoms with Gasteiger partial charge in [-0.3, -0.25) is 0 Å². The van der Waals surface area contributed by atoms with Crippen LogP contribution in [0.2, 0.25) is 0 Å². The van der Waals surface area contributed by atoms with E-state index >= 15 is 0 Å². The average Bonchev–Trinajstić information content (AvgIpc) is 3.65. The standard InChI is InChI=1S/C24H18N4O3S3/c1-29-16-8-19(30-12-15-13-33-22(25-15)14-6-4-3-5-7-14)17-10-21(31-20(17)9-16)18-11-28-23(26-18)34-24(27-28)32-2/h3-11,13H,12H2,1-2H3. The number of benzene rings is 2. The van der Waals surface area contributed by atoms with Crippen molar-refractivity contribution in [1.29, 1.82) is 0 Å². The first-order valence-corrected chi connectivity index (χ1v) is 13.3. The van der Waals surface area contributed by atoms with Crippen molar-refractivity contribution in [2.24, 2.45) is 0 Å². The molecular weight excluding hydrogens is 488 g/mol. The van der Waals surface area contributed by atoms with E-state index in [0.717, 1.165) is 36.6 Å². The molecule has 6 aromatic rings. The third-order valence-electron chi connectivity index (χ3n) is 5.21. The van der Waals surface area contributed by atoms with Gasteiger partial charge in [-0.25, -0.2) is 14.5 Å². The van der Waals surface area contributed by atoms with Gasteiger partial charge in [-0.1, -0.05) is 53.4 Å². The highest BCUT2D eigenvalue weighted by molar-refractivity contribution is 8.00. The summed E-state index contributed by atoms with van der Waals surface area (Å²) in [5.74, 6) is 1.97. The molecule has 0 radical (unpaired) electrons. The largest absolute Gasteiger partial charge is 0.496 e. The third-order valence-corrected chi connectivity index (χ3v) is 8.05. The van der Waals surface area contributed by atoms with Crippen LogP contribution in [-0.4, -0.2) is 32.9 Å². The average molecular weight is 507 g/mol. The Balaban J connectivity index is 1.30. The Bertz CT molecular complexity index is 1570. The molecule has 0 aliphatic heterocycles. The van der Waals surface area contributed by atoms with Crippen molar-refractivity contribution in [3.05, 3.63) is 65.8 Å². The van der Waals surface area contributed by atoms with Crippen LogP contribution in [0.4, 0.5) is 0 Å². The summed E-state index contributed by atoms with van der Waals surface area (Å²) in [5, 5.41) is 8.35. The maximum atomic E-state index is 6.19. The molecule has 34 heavy (non-hydrogen) atoms. The first-order valence-electron chi connectivity index (χ1n) is 10.3. The Morgan fingerprint density at radius 1 is 1.12 bits per heavy atom. The zero-order valence-electron chi connectivity index (χ0n) is 18.2. The smallest absolute Gasteiger partial charge is 0.213 e. The van der Waals surface area contributed by atoms with Crippen molar-refractivity contribution in [2.45, 2.75) is 10.9 Å². The summed E-state index contributed by atoms with van der Waals surface area (Å²) in [6, 6.07) is 15.8. The van der Waals surface area contributed by atoms with E-state index in [1.807, 2.05) is 54.2 Å². The molecule has 0 spiro atoms. The molecule has 0 aliphatic rings. The lowest BCUT2D eigenvalue weighted by atomic mass is 10.2. The number of fused-ring (bicyclic) bond motifs is 2. The van der Waals surface area contributed by atoms with Crippen LogP contribution in [0.1, 0.15) is 5.69 Å². The predicted molar refractivity (Wildman–Crippen MR) is 136 cm³/mol. The monoisotopic (exact) mass is 506 g/mol. The summed E-state index contributed by atoms with van der Waals surface area (Å²) in [5.41, 5.74) is 3.36. The predicted octanol–water partition coefficient (Wildman–Crippen LogP) is 6.64. The number of thiazole rings is 1. The van der Waals surface area contributed by atoms with Gasteiger partial charge in [0.2, 0.25) is 4.96 Å². The van der Waals surface area contributed by atoms with Crippen LogP contribution < -0.4 is 9.47 Å². The van der Waals surface area contributed by atoms with E-state index in [1.54, 1.807) is 46.1 Å². The van der Waals surface area contributed by atoms with Gasteiger partial charge in [0.05, 0.1) is 24.4 Å². The fourth-order valence-corrected chi connectivity index (χ4v) is 5.72. The Morgan fingerprint density at radius 2 is 2.00 bits per heavy atom. The number of hydrogen-bond donors (Lipinski definition) is 0. The summed E-state index contributed by atoms with van der Waals surface area (Å²) in [4.78, 5) is 10.2. The van der Waals surface area contributed by atoms with Crippen molar-refractivity contribution < 1.29 is 13.9 Å². The number of ether oxygens (including phenoxy) is 2. The molecule has 0 saturated heterocycles. The van der Waals surface area contributed by atoms with Gasteiger partial charge in [0, 0.05) is 23.1 Å². The molecule has 0 N–H and O–H groups in total. The minimum Gasteiger partial charge on any atom is -0.496 e. The van der Waals surface area contributed by atoms with Crippen LogP contribution in [0, 0.1) is 0 Å². The highest BCUT2D eigenvalue weighted by atomic mass is 32.2. The van der Waals surface area contributed by atoms with Gasteiger partial charge in [0.25, 0.3) is 0 Å². The van der Waals surface area contributed by atoms with Crippen molar-refractivity contribution in [2.75, 3.05) is 13.4 Å². The summed E-state index contributed by atoms with van der Waals surface area (Å²) >= 11 is 4.75. The van der Waals surface area contributed by atoms with Gasteiger partial charge in [0.1, 0.15) is 34.4 Å². The number of nitrogens with zero attached hydrogens (tertiary/aromatic N) is 4. The van der Waals surface area contributed by atoms with Gasteiger partial charge in [-0.15, -0.1) is 16.4 Å². The Labute approximate surface area is 207 Å². The van der Waals surface area contributed by atoms with Gasteiger partial charge in [-0.2, -0.15) is 0 Å². The molecule has 4 heterocycles. The third kappa shape index (κ3) is 3.93. The number of rotatable bonds is 7. The fourth-order valence-electron chi connectivity index (χ4n) is 3.57. The van der Waals surface area contributed by atoms with E-state index in [-0.39, 0.29) is 0 Å². The number of furan rings is 1. The number of imidazole rings is 1. The maximum absolute atomic E-state index is 6.19. The number of methoxy groups -OCH3 is 1. The van der Waals surface area contributed by atoms with Gasteiger partial charge in [0.15, 0.2) is 10.1 Å². The Morgan fingerprint density at radius 3 is 2.79 bits per heavy atom. The molecular formula is C24H18N4O3S3. The highest BCUT2D eigenvalue weighted by Gasteiger charge is 2.17. The summed E-state index contributed by atoms with van der Waals surface area (Å²) in [6.07, 6.45) is 3.88. The number of thioether (sulfide) groups is 1. The fraction of sp³-hybridized carbons (Fsp3) is 0.125. The topological polar surface area (TPSA) is 74.7 Å². The lowest BCUT2D eigenvalue weighted by Crippen LogP contribution is -1.96. The van der Waals surface area contributed by atoms with Crippen molar-refractivity contribution in [3.8, 4) is 33.5 Å². The summed E-state index contributed by atoms with van der Waals surface area (Å²) in [6.45, 7) is 0.341. The Hall–Kier alpha value is -3.34. The first-order chi connectivity index (χ1) is 16.7. The lowest BCUT2D eigenvalue weighted by Gasteiger charge is -2.07. The molecule has 0 aliphatic carbocycles. The highest BCUT2D eigenvalue weighted by Crippen LogP contribution is 2.37. The molecule has 0 amide bonds. The van der Waals surface area contributed by atoms with Crippen LogP contribution in [0.15, 0.2) is 68.9 Å². The van der Waals surface area contributed by atoms with Crippen molar-refractivity contribution >= 4 is 50.4 Å². The second-order valence-electron chi connectivity index (χ2n) is 7.37. The molecule has 10 heteroatoms. The molecule has 7 nitrogen and oxygen atoms in total. The minimum atomic E-state index is 0.341. The first kappa shape index (κ1) is 21.2. The molecule has 2 aromatic carbocycles. The van der Waals surface area contributed by atoms with Gasteiger partial charge in [-0.05, 0) is 12.3 Å². The normalized spacial score (nSPS) is 11.5. The van der Waals surface area contributed by atoms with Crippen LogP contribution >= 0.6 is 34.4 Å². The van der Waals surface area contributed by atoms with E-state index in [9.17, 15) is 0 Å². The maximum Gasteiger partial charge on any atom is 0.213 e. The van der Waals surface area contributed by atoms with E-state index < -0.39 is 0 Å². The summed E-state index contributed by atoms with van der Waals surface area (Å²) in [7, 11) is 1.62. The zero-order valence-corrected chi connectivity index (χ0v) is 20.7. The molecule has 0 fully saturated rings. The van der Waals surface area contributed by atoms with Crippen molar-refractivity contribution in [1.82, 2.24) is 19.6 Å². The van der Waals surface area contributed by atoms with Gasteiger partial charge < -0.3 is 13.9 Å². The molecule has 4 aromatic heterocycles. The van der Waals surface area contributed by atoms with Crippen LogP contribution in [0.25, 0.3) is 38.0 Å². The second-order valence-corrected chi connectivity index (χ2v) is 10.2. The number of hydrogen-bond acceptors (Lipinski definition) is 9. The molecule has 0 atom stereocenters. The number of aromatic nitrogens is 4. The van der Waals surface area contributed by atoms with E-state index in [0.29, 0.717) is 29.4 Å².